The zero-order valence-electron chi connectivity index (χ0n) is 7.99. The zero-order valence-corrected chi connectivity index (χ0v) is 7.99. The molecule has 0 unspecified atom stereocenters. The molecule has 0 aromatic heterocycles. The first-order chi connectivity index (χ1) is 5.92. The number of aliphatic hydroxyl groups is 3. The van der Waals surface area contributed by atoms with Gasteiger partial charge in [-0.25, -0.2) is 0 Å². The first-order valence-electron chi connectivity index (χ1n) is 4.58. The highest BCUT2D eigenvalue weighted by Crippen LogP contribution is 2.10. The molecule has 78 valence electrons. The molecule has 0 saturated carbocycles. The maximum Gasteiger partial charge on any atom is 0.275 e. The van der Waals surface area contributed by atoms with Crippen molar-refractivity contribution in [3.63, 3.8) is 0 Å². The largest absolute Gasteiger partial charge is 0.344 e. The summed E-state index contributed by atoms with van der Waals surface area (Å²) in [5.74, 6) is -2.35. The molecule has 0 radical (unpaired) electrons. The average molecular weight is 190 g/mol. The van der Waals surface area contributed by atoms with E-state index >= 15 is 0 Å². The van der Waals surface area contributed by atoms with E-state index in [1.165, 1.54) is 0 Å². The van der Waals surface area contributed by atoms with Crippen LogP contribution in [-0.4, -0.2) is 27.1 Å². The second kappa shape index (κ2) is 6.07. The molecule has 13 heavy (non-hydrogen) atoms. The standard InChI is InChI=1S/C9H18O4/c1-8(10)6-4-2-3-5-7-9(11,12)13/h11-13H,2-7H2,1H3. The molecule has 0 aliphatic carbocycles. The molecule has 0 aliphatic heterocycles. The minimum absolute atomic E-state index is 0.0347. The summed E-state index contributed by atoms with van der Waals surface area (Å²) in [7, 11) is 0. The number of ketones is 1. The second-order valence-electron chi connectivity index (χ2n) is 3.39. The summed E-state index contributed by atoms with van der Waals surface area (Å²) in [6.45, 7) is 1.56. The molecule has 0 amide bonds. The number of hydrogen-bond donors (Lipinski definition) is 3. The Bertz CT molecular complexity index is 148. The van der Waals surface area contributed by atoms with Gasteiger partial charge in [0.15, 0.2) is 0 Å². The summed E-state index contributed by atoms with van der Waals surface area (Å²) < 4.78 is 0. The lowest BCUT2D eigenvalue weighted by Gasteiger charge is -2.12. The van der Waals surface area contributed by atoms with Crippen LogP contribution in [0.1, 0.15) is 45.4 Å². The predicted molar refractivity (Wildman–Crippen MR) is 47.8 cm³/mol. The summed E-state index contributed by atoms with van der Waals surface area (Å²) in [5.41, 5.74) is 0. The van der Waals surface area contributed by atoms with Crippen LogP contribution in [-0.2, 0) is 4.79 Å². The van der Waals surface area contributed by atoms with Gasteiger partial charge in [0.2, 0.25) is 0 Å². The fraction of sp³-hybridized carbons (Fsp3) is 0.889. The third kappa shape index (κ3) is 11.5. The molecule has 0 fully saturated rings. The van der Waals surface area contributed by atoms with E-state index < -0.39 is 5.97 Å². The van der Waals surface area contributed by atoms with Gasteiger partial charge < -0.3 is 20.1 Å². The van der Waals surface area contributed by atoms with Gasteiger partial charge >= 0.3 is 0 Å². The Labute approximate surface area is 78.2 Å². The summed E-state index contributed by atoms with van der Waals surface area (Å²) in [4.78, 5) is 10.5. The van der Waals surface area contributed by atoms with Crippen molar-refractivity contribution in [3.8, 4) is 0 Å². The van der Waals surface area contributed by atoms with Crippen molar-refractivity contribution in [3.05, 3.63) is 0 Å². The lowest BCUT2D eigenvalue weighted by atomic mass is 10.1. The van der Waals surface area contributed by atoms with Crippen LogP contribution in [0.4, 0.5) is 0 Å². The van der Waals surface area contributed by atoms with Gasteiger partial charge in [-0.1, -0.05) is 12.8 Å². The summed E-state index contributed by atoms with van der Waals surface area (Å²) in [6.07, 6.45) is 3.63. The quantitative estimate of drug-likeness (QED) is 0.404. The van der Waals surface area contributed by atoms with E-state index in [1.807, 2.05) is 0 Å². The highest BCUT2D eigenvalue weighted by molar-refractivity contribution is 5.75. The molecule has 0 heterocycles. The smallest absolute Gasteiger partial charge is 0.275 e. The molecular formula is C9H18O4. The van der Waals surface area contributed by atoms with E-state index in [9.17, 15) is 4.79 Å². The molecular weight excluding hydrogens is 172 g/mol. The number of rotatable bonds is 7. The van der Waals surface area contributed by atoms with Crippen molar-refractivity contribution >= 4 is 5.78 Å². The van der Waals surface area contributed by atoms with Crippen LogP contribution in [0, 0.1) is 0 Å². The Morgan fingerprint density at radius 3 is 2.08 bits per heavy atom. The lowest BCUT2D eigenvalue weighted by Crippen LogP contribution is -2.26. The normalized spacial score (nSPS) is 11.7. The fourth-order valence-electron chi connectivity index (χ4n) is 1.09. The van der Waals surface area contributed by atoms with Crippen LogP contribution in [0.5, 0.6) is 0 Å². The van der Waals surface area contributed by atoms with E-state index in [4.69, 9.17) is 15.3 Å². The van der Waals surface area contributed by atoms with Gasteiger partial charge in [-0.3, -0.25) is 0 Å². The Hall–Kier alpha value is -0.450. The van der Waals surface area contributed by atoms with Crippen LogP contribution in [0.2, 0.25) is 0 Å². The Balaban J connectivity index is 3.13. The first kappa shape index (κ1) is 12.6. The van der Waals surface area contributed by atoms with Crippen molar-refractivity contribution < 1.29 is 20.1 Å². The van der Waals surface area contributed by atoms with Gasteiger partial charge in [-0.05, 0) is 19.8 Å². The van der Waals surface area contributed by atoms with Crippen molar-refractivity contribution in [2.45, 2.75) is 51.4 Å². The van der Waals surface area contributed by atoms with Gasteiger partial charge in [0.05, 0.1) is 0 Å². The molecule has 4 nitrogen and oxygen atoms in total. The molecule has 3 N–H and O–H groups in total. The maximum absolute atomic E-state index is 10.5. The number of Topliss-reactive ketones (excluding diaryl/α,β-unsaturated/α-hetero) is 1. The molecule has 0 atom stereocenters. The van der Waals surface area contributed by atoms with E-state index in [0.29, 0.717) is 12.8 Å². The fourth-order valence-corrected chi connectivity index (χ4v) is 1.09. The zero-order chi connectivity index (χ0) is 10.3. The van der Waals surface area contributed by atoms with Gasteiger partial charge in [-0.2, -0.15) is 0 Å². The van der Waals surface area contributed by atoms with E-state index in [-0.39, 0.29) is 12.2 Å². The Morgan fingerprint density at radius 1 is 1.08 bits per heavy atom. The third-order valence-corrected chi connectivity index (χ3v) is 1.79. The molecule has 0 aromatic carbocycles. The summed E-state index contributed by atoms with van der Waals surface area (Å²) in [6, 6.07) is 0. The maximum atomic E-state index is 10.5. The predicted octanol–water partition coefficient (Wildman–Crippen LogP) is 0.547. The molecule has 0 aromatic rings. The molecule has 4 heteroatoms. The average Bonchev–Trinajstić information content (AvgIpc) is 1.93. The van der Waals surface area contributed by atoms with Crippen LogP contribution in [0.3, 0.4) is 0 Å². The topological polar surface area (TPSA) is 77.8 Å². The minimum Gasteiger partial charge on any atom is -0.344 e. The summed E-state index contributed by atoms with van der Waals surface area (Å²) in [5, 5.41) is 25.6. The number of hydrogen-bond acceptors (Lipinski definition) is 4. The SMILES string of the molecule is CC(=O)CCCCCCC(O)(O)O. The number of carbonyl (C=O) groups is 1. The highest BCUT2D eigenvalue weighted by atomic mass is 16.7. The third-order valence-electron chi connectivity index (χ3n) is 1.79. The molecule has 0 saturated heterocycles. The molecule has 0 rings (SSSR count). The van der Waals surface area contributed by atoms with E-state index in [1.54, 1.807) is 6.92 Å². The lowest BCUT2D eigenvalue weighted by molar-refractivity contribution is -0.315. The van der Waals surface area contributed by atoms with Gasteiger partial charge in [-0.15, -0.1) is 0 Å². The monoisotopic (exact) mass is 190 g/mol. The van der Waals surface area contributed by atoms with Crippen LogP contribution in [0.15, 0.2) is 0 Å². The van der Waals surface area contributed by atoms with E-state index in [0.717, 1.165) is 19.3 Å². The van der Waals surface area contributed by atoms with E-state index in [2.05, 4.69) is 0 Å². The molecule has 0 spiro atoms. The molecule has 0 bridgehead atoms. The van der Waals surface area contributed by atoms with Crippen molar-refractivity contribution in [1.82, 2.24) is 0 Å². The minimum atomic E-state index is -2.53. The van der Waals surface area contributed by atoms with Crippen molar-refractivity contribution in [2.75, 3.05) is 0 Å². The molecule has 0 aliphatic rings. The van der Waals surface area contributed by atoms with Crippen molar-refractivity contribution in [2.24, 2.45) is 0 Å². The Morgan fingerprint density at radius 2 is 1.62 bits per heavy atom. The highest BCUT2D eigenvalue weighted by Gasteiger charge is 2.16. The van der Waals surface area contributed by atoms with Gasteiger partial charge in [0, 0.05) is 12.8 Å². The van der Waals surface area contributed by atoms with Crippen LogP contribution < -0.4 is 0 Å². The van der Waals surface area contributed by atoms with Gasteiger partial charge in [0.25, 0.3) is 5.97 Å². The number of unbranched alkanes of at least 4 members (excludes halogenated alkanes) is 3. The van der Waals surface area contributed by atoms with Crippen molar-refractivity contribution in [1.29, 1.82) is 0 Å². The number of carbonyl (C=O) groups excluding carboxylic acids is 1. The summed E-state index contributed by atoms with van der Waals surface area (Å²) >= 11 is 0. The van der Waals surface area contributed by atoms with Gasteiger partial charge in [0.1, 0.15) is 5.78 Å². The first-order valence-corrected chi connectivity index (χ1v) is 4.58. The van der Waals surface area contributed by atoms with Crippen LogP contribution in [0.25, 0.3) is 0 Å². The Kier molecular flexibility index (Phi) is 5.86. The second-order valence-corrected chi connectivity index (χ2v) is 3.39. The van der Waals surface area contributed by atoms with Crippen LogP contribution >= 0.6 is 0 Å².